The molecule has 2 nitrogen and oxygen atoms in total. The van der Waals surface area contributed by atoms with E-state index < -0.39 is 5.60 Å². The number of ether oxygens (including phenoxy) is 1. The van der Waals surface area contributed by atoms with Crippen LogP contribution in [0.2, 0.25) is 5.02 Å². The molecule has 1 aromatic rings. The van der Waals surface area contributed by atoms with Crippen molar-refractivity contribution in [3.63, 3.8) is 0 Å². The van der Waals surface area contributed by atoms with Crippen molar-refractivity contribution in [1.29, 1.82) is 0 Å². The number of hydrogen-bond acceptors (Lipinski definition) is 2. The molecule has 1 saturated carbocycles. The first-order valence-electron chi connectivity index (χ1n) is 5.64. The molecule has 0 radical (unpaired) electrons. The van der Waals surface area contributed by atoms with Crippen LogP contribution in [0, 0.1) is 0 Å². The van der Waals surface area contributed by atoms with Gasteiger partial charge in [0.1, 0.15) is 5.60 Å². The lowest BCUT2D eigenvalue weighted by atomic mass is 9.79. The Hall–Kier alpha value is -1.02. The van der Waals surface area contributed by atoms with Crippen molar-refractivity contribution in [1.82, 2.24) is 0 Å². The van der Waals surface area contributed by atoms with Crippen molar-refractivity contribution in [2.45, 2.75) is 37.7 Å². The molecule has 0 N–H and O–H groups in total. The Bertz CT molecular complexity index is 353. The molecule has 2 rings (SSSR count). The Kier molecular flexibility index (Phi) is 3.49. The van der Waals surface area contributed by atoms with Gasteiger partial charge in [-0.25, -0.2) is 0 Å². The summed E-state index contributed by atoms with van der Waals surface area (Å²) in [5.41, 5.74) is 0.647. The molecule has 0 aromatic heterocycles. The van der Waals surface area contributed by atoms with Gasteiger partial charge in [-0.2, -0.15) is 0 Å². The van der Waals surface area contributed by atoms with Gasteiger partial charge in [-0.3, -0.25) is 4.79 Å². The van der Waals surface area contributed by atoms with E-state index in [2.05, 4.69) is 0 Å². The van der Waals surface area contributed by atoms with E-state index in [-0.39, 0.29) is 0 Å². The Labute approximate surface area is 101 Å². The van der Waals surface area contributed by atoms with Gasteiger partial charge in [0.05, 0.1) is 0 Å². The fourth-order valence-electron chi connectivity index (χ4n) is 2.44. The normalized spacial score (nSPS) is 19.1. The van der Waals surface area contributed by atoms with Gasteiger partial charge >= 0.3 is 0 Å². The third-order valence-electron chi connectivity index (χ3n) is 3.31. The van der Waals surface area contributed by atoms with Crippen LogP contribution in [0.25, 0.3) is 0 Å². The minimum Gasteiger partial charge on any atom is -0.456 e. The van der Waals surface area contributed by atoms with Gasteiger partial charge in [-0.1, -0.05) is 30.2 Å². The first-order chi connectivity index (χ1) is 7.77. The fourth-order valence-corrected chi connectivity index (χ4v) is 2.57. The monoisotopic (exact) mass is 238 g/mol. The molecule has 0 amide bonds. The second kappa shape index (κ2) is 4.88. The third kappa shape index (κ3) is 2.22. The van der Waals surface area contributed by atoms with Crippen molar-refractivity contribution < 1.29 is 9.53 Å². The molecule has 0 heterocycles. The largest absolute Gasteiger partial charge is 0.456 e. The maximum absolute atomic E-state index is 10.7. The van der Waals surface area contributed by atoms with Gasteiger partial charge in [-0.15, -0.1) is 0 Å². The van der Waals surface area contributed by atoms with Crippen LogP contribution in [0.5, 0.6) is 0 Å². The number of hydrogen-bond donors (Lipinski definition) is 0. The molecule has 0 unspecified atom stereocenters. The highest BCUT2D eigenvalue weighted by Gasteiger charge is 2.35. The summed E-state index contributed by atoms with van der Waals surface area (Å²) in [7, 11) is 0. The smallest absolute Gasteiger partial charge is 0.293 e. The van der Waals surface area contributed by atoms with Crippen LogP contribution in [0.4, 0.5) is 0 Å². The van der Waals surface area contributed by atoms with Crippen LogP contribution < -0.4 is 0 Å². The molecule has 86 valence electrons. The van der Waals surface area contributed by atoms with E-state index in [4.69, 9.17) is 16.3 Å². The summed E-state index contributed by atoms with van der Waals surface area (Å²) < 4.78 is 5.37. The predicted octanol–water partition coefficient (Wildman–Crippen LogP) is 3.67. The molecule has 3 heteroatoms. The number of carbonyl (C=O) groups excluding carboxylic acids is 1. The molecule has 0 saturated heterocycles. The summed E-state index contributed by atoms with van der Waals surface area (Å²) in [6, 6.07) is 7.61. The lowest BCUT2D eigenvalue weighted by molar-refractivity contribution is -0.148. The lowest BCUT2D eigenvalue weighted by Gasteiger charge is -2.35. The van der Waals surface area contributed by atoms with Crippen molar-refractivity contribution >= 4 is 18.1 Å². The highest BCUT2D eigenvalue weighted by atomic mass is 35.5. The first kappa shape index (κ1) is 11.5. The molecule has 1 aliphatic carbocycles. The SMILES string of the molecule is O=COC1(c2ccc(Cl)cc2)CCCCC1. The fraction of sp³-hybridized carbons (Fsp3) is 0.462. The highest BCUT2D eigenvalue weighted by molar-refractivity contribution is 6.30. The van der Waals surface area contributed by atoms with Gasteiger partial charge < -0.3 is 4.74 Å². The number of benzene rings is 1. The molecule has 1 aromatic carbocycles. The maximum atomic E-state index is 10.7. The highest BCUT2D eigenvalue weighted by Crippen LogP contribution is 2.40. The van der Waals surface area contributed by atoms with Gasteiger partial charge in [-0.05, 0) is 43.4 Å². The molecular formula is C13H15ClO2. The second-order valence-corrected chi connectivity index (χ2v) is 4.71. The summed E-state index contributed by atoms with van der Waals surface area (Å²) in [6.45, 7) is 0.569. The third-order valence-corrected chi connectivity index (χ3v) is 3.56. The molecule has 0 atom stereocenters. The van der Waals surface area contributed by atoms with Crippen molar-refractivity contribution in [3.8, 4) is 0 Å². The summed E-state index contributed by atoms with van der Waals surface area (Å²) in [5.74, 6) is 0. The Morgan fingerprint density at radius 1 is 1.12 bits per heavy atom. The Morgan fingerprint density at radius 2 is 1.75 bits per heavy atom. The van der Waals surface area contributed by atoms with Crippen molar-refractivity contribution in [2.75, 3.05) is 0 Å². The zero-order valence-corrected chi connectivity index (χ0v) is 9.87. The van der Waals surface area contributed by atoms with Gasteiger partial charge in [0, 0.05) is 5.02 Å². The van der Waals surface area contributed by atoms with Gasteiger partial charge in [0.2, 0.25) is 0 Å². The summed E-state index contributed by atoms with van der Waals surface area (Å²) in [6.07, 6.45) is 5.26. The maximum Gasteiger partial charge on any atom is 0.293 e. The summed E-state index contributed by atoms with van der Waals surface area (Å²) in [4.78, 5) is 10.7. The molecule has 0 bridgehead atoms. The molecule has 1 aliphatic rings. The van der Waals surface area contributed by atoms with E-state index in [9.17, 15) is 4.79 Å². The van der Waals surface area contributed by atoms with Crippen LogP contribution in [0.3, 0.4) is 0 Å². The number of carbonyl (C=O) groups is 1. The minimum absolute atomic E-state index is 0.412. The average Bonchev–Trinajstić information content (AvgIpc) is 2.31. The van der Waals surface area contributed by atoms with Gasteiger partial charge in [0.25, 0.3) is 6.47 Å². The van der Waals surface area contributed by atoms with Crippen molar-refractivity contribution in [3.05, 3.63) is 34.9 Å². The van der Waals surface area contributed by atoms with Crippen LogP contribution >= 0.6 is 11.6 Å². The minimum atomic E-state index is -0.412. The number of halogens is 1. The van der Waals surface area contributed by atoms with E-state index in [1.54, 1.807) is 0 Å². The zero-order valence-electron chi connectivity index (χ0n) is 9.12. The predicted molar refractivity (Wildman–Crippen MR) is 63.4 cm³/mol. The lowest BCUT2D eigenvalue weighted by Crippen LogP contribution is -2.31. The van der Waals surface area contributed by atoms with Gasteiger partial charge in [0.15, 0.2) is 0 Å². The Morgan fingerprint density at radius 3 is 2.31 bits per heavy atom. The molecular weight excluding hydrogens is 224 g/mol. The van der Waals surface area contributed by atoms with Crippen LogP contribution in [-0.4, -0.2) is 6.47 Å². The summed E-state index contributed by atoms with van der Waals surface area (Å²) in [5, 5.41) is 0.709. The van der Waals surface area contributed by atoms with Crippen LogP contribution in [0.15, 0.2) is 24.3 Å². The van der Waals surface area contributed by atoms with Crippen LogP contribution in [-0.2, 0) is 15.1 Å². The average molecular weight is 239 g/mol. The van der Waals surface area contributed by atoms with Crippen LogP contribution in [0.1, 0.15) is 37.7 Å². The first-order valence-corrected chi connectivity index (χ1v) is 6.02. The van der Waals surface area contributed by atoms with E-state index in [0.29, 0.717) is 11.5 Å². The van der Waals surface area contributed by atoms with E-state index in [0.717, 1.165) is 31.2 Å². The molecule has 1 fully saturated rings. The molecule has 0 spiro atoms. The topological polar surface area (TPSA) is 26.3 Å². The standard InChI is InChI=1S/C13H15ClO2/c14-12-6-4-11(5-7-12)13(16-10-15)8-2-1-3-9-13/h4-7,10H,1-3,8-9H2. The quantitative estimate of drug-likeness (QED) is 0.751. The second-order valence-electron chi connectivity index (χ2n) is 4.28. The Balaban J connectivity index is 2.30. The molecule has 0 aliphatic heterocycles. The van der Waals surface area contributed by atoms with Crippen molar-refractivity contribution in [2.24, 2.45) is 0 Å². The van der Waals surface area contributed by atoms with E-state index >= 15 is 0 Å². The molecule has 16 heavy (non-hydrogen) atoms. The number of rotatable bonds is 3. The van der Waals surface area contributed by atoms with E-state index in [1.165, 1.54) is 6.42 Å². The van der Waals surface area contributed by atoms with E-state index in [1.807, 2.05) is 24.3 Å². The zero-order chi connectivity index (χ0) is 11.4. The summed E-state index contributed by atoms with van der Waals surface area (Å²) >= 11 is 5.86.